The molecule has 2 aromatic heterocycles. The molecule has 1 unspecified atom stereocenters. The third kappa shape index (κ3) is 5.93. The number of rotatable bonds is 10. The first-order chi connectivity index (χ1) is 17.9. The van der Waals surface area contributed by atoms with Crippen LogP contribution in [0.5, 0.6) is 5.75 Å². The van der Waals surface area contributed by atoms with Crippen LogP contribution in [0.1, 0.15) is 27.0 Å². The van der Waals surface area contributed by atoms with E-state index >= 15 is 4.39 Å². The first-order valence-electron chi connectivity index (χ1n) is 11.7. The number of hydrogen-bond donors (Lipinski definition) is 3. The molecule has 1 aliphatic rings. The molecule has 0 aliphatic carbocycles. The third-order valence-corrected chi connectivity index (χ3v) is 7.66. The van der Waals surface area contributed by atoms with Crippen molar-refractivity contribution >= 4 is 42.2 Å². The average Bonchev–Trinajstić information content (AvgIpc) is 3.37. The minimum absolute atomic E-state index is 0.168. The number of nitrogens with one attached hydrogen (secondary N) is 1. The number of benzene rings is 1. The third-order valence-electron chi connectivity index (χ3n) is 5.61. The van der Waals surface area contributed by atoms with Crippen LogP contribution in [0, 0.1) is 0 Å². The Labute approximate surface area is 222 Å². The Balaban J connectivity index is 1.54. The van der Waals surface area contributed by atoms with Gasteiger partial charge in [-0.05, 0) is 39.0 Å². The summed E-state index contributed by atoms with van der Waals surface area (Å²) in [4.78, 5) is 20.3. The van der Waals surface area contributed by atoms with Crippen LogP contribution in [0.15, 0.2) is 48.9 Å². The van der Waals surface area contributed by atoms with Gasteiger partial charge in [-0.1, -0.05) is 29.8 Å². The van der Waals surface area contributed by atoms with Gasteiger partial charge in [0.15, 0.2) is 6.23 Å². The molecule has 4 N–H and O–H groups in total. The Kier molecular flexibility index (Phi) is 8.26. The molecule has 38 heavy (non-hydrogen) atoms. The highest BCUT2D eigenvalue weighted by Gasteiger charge is 2.58. The van der Waals surface area contributed by atoms with E-state index < -0.39 is 56.0 Å². The van der Waals surface area contributed by atoms with E-state index in [9.17, 15) is 14.5 Å². The van der Waals surface area contributed by atoms with Gasteiger partial charge in [0.25, 0.3) is 5.13 Å². The van der Waals surface area contributed by atoms with Gasteiger partial charge in [0.05, 0.1) is 18.1 Å². The summed E-state index contributed by atoms with van der Waals surface area (Å²) in [6.45, 7) is 4.14. The number of halogens is 2. The number of nitrogens with zero attached hydrogens (tertiary/aromatic N) is 3. The summed E-state index contributed by atoms with van der Waals surface area (Å²) in [5.41, 5.74) is 6.08. The van der Waals surface area contributed by atoms with Crippen molar-refractivity contribution < 1.29 is 37.4 Å². The second kappa shape index (κ2) is 11.1. The lowest BCUT2D eigenvalue weighted by atomic mass is 10.1. The van der Waals surface area contributed by atoms with Crippen molar-refractivity contribution in [3.63, 3.8) is 0 Å². The molecule has 0 spiro atoms. The number of alkyl halides is 2. The molecule has 1 aliphatic heterocycles. The van der Waals surface area contributed by atoms with Crippen LogP contribution in [0.3, 0.4) is 0 Å². The van der Waals surface area contributed by atoms with E-state index in [1.165, 1.54) is 36.1 Å². The highest BCUT2D eigenvalue weighted by atomic mass is 35.5. The van der Waals surface area contributed by atoms with Gasteiger partial charge in [0.1, 0.15) is 41.8 Å². The SMILES string of the molecule is CC(C)OC(=O)[C@H](C)NP(=O)(OC[C@H]1O[C@@H](n2ccc3c(N)ncnc32)[C@@](F)(Cl)[C@@H]1O)Oc1ccccc1. The van der Waals surface area contributed by atoms with Gasteiger partial charge in [0.2, 0.25) is 0 Å². The predicted octanol–water partition coefficient (Wildman–Crippen LogP) is 3.31. The number of anilines is 1. The summed E-state index contributed by atoms with van der Waals surface area (Å²) < 4.78 is 52.5. The van der Waals surface area contributed by atoms with Gasteiger partial charge in [-0.2, -0.15) is 5.09 Å². The van der Waals surface area contributed by atoms with Gasteiger partial charge >= 0.3 is 13.7 Å². The number of nitrogens with two attached hydrogens (primary N) is 1. The van der Waals surface area contributed by atoms with Crippen LogP contribution in [0.2, 0.25) is 0 Å². The molecule has 15 heteroatoms. The summed E-state index contributed by atoms with van der Waals surface area (Å²) in [6, 6.07) is 8.53. The van der Waals surface area contributed by atoms with Crippen molar-refractivity contribution in [2.75, 3.05) is 12.3 Å². The van der Waals surface area contributed by atoms with Gasteiger partial charge in [-0.15, -0.1) is 0 Å². The number of nitrogen functional groups attached to an aromatic ring is 1. The van der Waals surface area contributed by atoms with Crippen LogP contribution in [0.25, 0.3) is 11.0 Å². The second-order valence-corrected chi connectivity index (χ2v) is 11.2. The number of aliphatic hydroxyl groups is 1. The van der Waals surface area contributed by atoms with Crippen molar-refractivity contribution in [1.82, 2.24) is 19.6 Å². The molecule has 206 valence electrons. The van der Waals surface area contributed by atoms with E-state index in [0.717, 1.165) is 0 Å². The minimum Gasteiger partial charge on any atom is -0.462 e. The maximum absolute atomic E-state index is 15.6. The van der Waals surface area contributed by atoms with Crippen LogP contribution < -0.4 is 15.3 Å². The topological polar surface area (TPSA) is 160 Å². The molecule has 0 amide bonds. The van der Waals surface area contributed by atoms with E-state index in [-0.39, 0.29) is 17.2 Å². The molecule has 12 nitrogen and oxygen atoms in total. The standard InChI is InChI=1S/C23H28ClFN5O7P/c1-13(2)35-21(32)14(3)29-38(33,37-15-7-5-4-6-8-15)34-11-17-18(31)23(24,25)22(36-17)30-10-9-16-19(26)27-12-28-20(16)30/h4-10,12-14,17-18,22,31H,11H2,1-3H3,(H,29,33)(H2,26,27,28)/t14-,17+,18+,22+,23+,38?/m0/s1. The quantitative estimate of drug-likeness (QED) is 0.186. The Morgan fingerprint density at radius 3 is 2.71 bits per heavy atom. The summed E-state index contributed by atoms with van der Waals surface area (Å²) in [6.07, 6.45) is -2.59. The predicted molar refractivity (Wildman–Crippen MR) is 136 cm³/mol. The molecular weight excluding hydrogens is 544 g/mol. The molecule has 1 aromatic carbocycles. The van der Waals surface area contributed by atoms with Gasteiger partial charge in [-0.25, -0.2) is 18.9 Å². The Hall–Kier alpha value is -2.80. The van der Waals surface area contributed by atoms with Crippen molar-refractivity contribution in [2.24, 2.45) is 0 Å². The maximum atomic E-state index is 15.6. The Bertz CT molecular complexity index is 1330. The van der Waals surface area contributed by atoms with E-state index in [1.54, 1.807) is 38.1 Å². The van der Waals surface area contributed by atoms with Crippen LogP contribution >= 0.6 is 19.3 Å². The molecule has 0 bridgehead atoms. The number of fused-ring (bicyclic) bond motifs is 1. The lowest BCUT2D eigenvalue weighted by Crippen LogP contribution is -2.40. The minimum atomic E-state index is -4.29. The Morgan fingerprint density at radius 1 is 1.32 bits per heavy atom. The van der Waals surface area contributed by atoms with E-state index in [4.69, 9.17) is 35.9 Å². The Morgan fingerprint density at radius 2 is 2.03 bits per heavy atom. The molecule has 3 heterocycles. The number of para-hydroxylation sites is 1. The highest BCUT2D eigenvalue weighted by Crippen LogP contribution is 2.49. The zero-order chi connectivity index (χ0) is 27.7. The molecule has 6 atom stereocenters. The lowest BCUT2D eigenvalue weighted by Gasteiger charge is -2.25. The van der Waals surface area contributed by atoms with E-state index in [0.29, 0.717) is 5.39 Å². The molecule has 0 saturated carbocycles. The maximum Gasteiger partial charge on any atom is 0.459 e. The average molecular weight is 572 g/mol. The largest absolute Gasteiger partial charge is 0.462 e. The number of aliphatic hydroxyl groups excluding tert-OH is 1. The molecule has 1 fully saturated rings. The zero-order valence-electron chi connectivity index (χ0n) is 20.7. The summed E-state index contributed by atoms with van der Waals surface area (Å²) in [7, 11) is -4.29. The van der Waals surface area contributed by atoms with E-state index in [2.05, 4.69) is 15.1 Å². The summed E-state index contributed by atoms with van der Waals surface area (Å²) >= 11 is 6.09. The fourth-order valence-corrected chi connectivity index (χ4v) is 5.59. The number of hydrogen-bond acceptors (Lipinski definition) is 10. The van der Waals surface area contributed by atoms with Crippen molar-refractivity contribution in [2.45, 2.75) is 56.5 Å². The van der Waals surface area contributed by atoms with Crippen molar-refractivity contribution in [1.29, 1.82) is 0 Å². The summed E-state index contributed by atoms with van der Waals surface area (Å²) in [5.74, 6) is -0.352. The smallest absolute Gasteiger partial charge is 0.459 e. The summed E-state index contributed by atoms with van der Waals surface area (Å²) in [5, 5.41) is 10.8. The highest BCUT2D eigenvalue weighted by molar-refractivity contribution is 7.52. The van der Waals surface area contributed by atoms with Gasteiger partial charge in [0, 0.05) is 6.20 Å². The normalized spacial score (nSPS) is 25.8. The number of aromatic nitrogens is 3. The van der Waals surface area contributed by atoms with Crippen molar-refractivity contribution in [3.05, 3.63) is 48.9 Å². The van der Waals surface area contributed by atoms with Crippen LogP contribution in [-0.4, -0.2) is 61.7 Å². The van der Waals surface area contributed by atoms with Crippen molar-refractivity contribution in [3.8, 4) is 5.75 Å². The lowest BCUT2D eigenvalue weighted by molar-refractivity contribution is -0.149. The first-order valence-corrected chi connectivity index (χ1v) is 13.6. The first kappa shape index (κ1) is 28.2. The number of ether oxygens (including phenoxy) is 2. The molecule has 1 saturated heterocycles. The second-order valence-electron chi connectivity index (χ2n) is 8.90. The van der Waals surface area contributed by atoms with E-state index in [1.807, 2.05) is 0 Å². The van der Waals surface area contributed by atoms with Crippen LogP contribution in [-0.2, 0) is 23.4 Å². The number of carbonyl (C=O) groups excluding carboxylic acids is 1. The molecular formula is C23H28ClFN5O7P. The molecule has 0 radical (unpaired) electrons. The fourth-order valence-electron chi connectivity index (χ4n) is 3.79. The molecule has 4 rings (SSSR count). The molecule has 3 aromatic rings. The monoisotopic (exact) mass is 571 g/mol. The fraction of sp³-hybridized carbons (Fsp3) is 0.435. The van der Waals surface area contributed by atoms with Gasteiger partial charge in [-0.3, -0.25) is 9.32 Å². The zero-order valence-corrected chi connectivity index (χ0v) is 22.4. The number of carbonyl (C=O) groups is 1. The van der Waals surface area contributed by atoms with Crippen LogP contribution in [0.4, 0.5) is 10.2 Å². The number of esters is 1. The van der Waals surface area contributed by atoms with Gasteiger partial charge < -0.3 is 29.4 Å².